The van der Waals surface area contributed by atoms with Crippen LogP contribution in [0.25, 0.3) is 0 Å². The minimum Gasteiger partial charge on any atom is -0.462 e. The van der Waals surface area contributed by atoms with Gasteiger partial charge in [0.05, 0.1) is 18.1 Å². The number of carbonyl (C=O) groups excluding carboxylic acids is 2. The number of Topliss-reactive ketones (excluding diaryl/α,β-unsaturated/α-hetero) is 1. The number of esters is 1. The zero-order chi connectivity index (χ0) is 18.4. The first-order valence-electron chi connectivity index (χ1n) is 7.75. The van der Waals surface area contributed by atoms with Crippen molar-refractivity contribution in [2.24, 2.45) is 0 Å². The average Bonchev–Trinajstić information content (AvgIpc) is 2.59. The van der Waals surface area contributed by atoms with Gasteiger partial charge in [0.25, 0.3) is 0 Å². The van der Waals surface area contributed by atoms with E-state index < -0.39 is 30.3 Å². The topological polar surface area (TPSA) is 43.4 Å². The van der Waals surface area contributed by atoms with Crippen molar-refractivity contribution < 1.29 is 27.5 Å². The number of ketones is 1. The van der Waals surface area contributed by atoms with Crippen molar-refractivity contribution >= 4 is 11.8 Å². The van der Waals surface area contributed by atoms with Crippen LogP contribution in [0.2, 0.25) is 0 Å². The molecule has 0 heterocycles. The summed E-state index contributed by atoms with van der Waals surface area (Å²) in [5.41, 5.74) is 0.339. The number of alkyl halides is 3. The fraction of sp³-hybridized carbons (Fsp3) is 0.263. The van der Waals surface area contributed by atoms with Gasteiger partial charge in [-0.05, 0) is 24.6 Å². The number of rotatable bonds is 6. The molecule has 6 heteroatoms. The second-order valence-corrected chi connectivity index (χ2v) is 5.43. The Morgan fingerprint density at radius 2 is 1.56 bits per heavy atom. The molecular weight excluding hydrogens is 333 g/mol. The average molecular weight is 350 g/mol. The van der Waals surface area contributed by atoms with Crippen molar-refractivity contribution in [3.63, 3.8) is 0 Å². The normalized spacial score (nSPS) is 12.5. The SMILES string of the molecule is CCOC(=O)c1ccc([C@@H](CC(=O)c2ccccc2)C(F)(F)F)cc1. The second-order valence-electron chi connectivity index (χ2n) is 5.43. The van der Waals surface area contributed by atoms with E-state index in [4.69, 9.17) is 4.74 Å². The molecular formula is C19H17F3O3. The fourth-order valence-corrected chi connectivity index (χ4v) is 2.42. The Morgan fingerprint density at radius 3 is 2.08 bits per heavy atom. The second kappa shape index (κ2) is 7.96. The minimum atomic E-state index is -4.57. The van der Waals surface area contributed by atoms with Gasteiger partial charge in [0.2, 0.25) is 0 Å². The summed E-state index contributed by atoms with van der Waals surface area (Å²) in [4.78, 5) is 23.7. The van der Waals surface area contributed by atoms with Crippen LogP contribution >= 0.6 is 0 Å². The summed E-state index contributed by atoms with van der Waals surface area (Å²) in [7, 11) is 0. The van der Waals surface area contributed by atoms with Crippen molar-refractivity contribution in [1.82, 2.24) is 0 Å². The Bertz CT molecular complexity index is 722. The first-order valence-corrected chi connectivity index (χ1v) is 7.75. The Labute approximate surface area is 143 Å². The van der Waals surface area contributed by atoms with Crippen LogP contribution in [0.3, 0.4) is 0 Å². The van der Waals surface area contributed by atoms with Crippen LogP contribution in [-0.2, 0) is 4.74 Å². The van der Waals surface area contributed by atoms with Crippen molar-refractivity contribution in [1.29, 1.82) is 0 Å². The number of hydrogen-bond acceptors (Lipinski definition) is 3. The van der Waals surface area contributed by atoms with E-state index in [0.717, 1.165) is 0 Å². The van der Waals surface area contributed by atoms with E-state index in [9.17, 15) is 22.8 Å². The molecule has 0 radical (unpaired) electrons. The molecule has 0 aliphatic rings. The van der Waals surface area contributed by atoms with E-state index in [-0.39, 0.29) is 23.3 Å². The van der Waals surface area contributed by atoms with E-state index in [0.29, 0.717) is 0 Å². The number of halogens is 3. The molecule has 2 aromatic rings. The molecule has 0 amide bonds. The highest BCUT2D eigenvalue weighted by molar-refractivity contribution is 5.96. The van der Waals surface area contributed by atoms with E-state index in [2.05, 4.69) is 0 Å². The maximum absolute atomic E-state index is 13.4. The van der Waals surface area contributed by atoms with Crippen LogP contribution < -0.4 is 0 Å². The van der Waals surface area contributed by atoms with Gasteiger partial charge in [0.15, 0.2) is 5.78 Å². The van der Waals surface area contributed by atoms with Crippen LogP contribution in [0.5, 0.6) is 0 Å². The van der Waals surface area contributed by atoms with E-state index in [1.807, 2.05) is 0 Å². The molecule has 0 unspecified atom stereocenters. The number of hydrogen-bond donors (Lipinski definition) is 0. The monoisotopic (exact) mass is 350 g/mol. The predicted molar refractivity (Wildman–Crippen MR) is 86.6 cm³/mol. The van der Waals surface area contributed by atoms with E-state index in [1.165, 1.54) is 36.4 Å². The Morgan fingerprint density at radius 1 is 0.960 bits per heavy atom. The lowest BCUT2D eigenvalue weighted by atomic mass is 9.90. The molecule has 0 aromatic heterocycles. The van der Waals surface area contributed by atoms with Gasteiger partial charge in [0.1, 0.15) is 0 Å². The lowest BCUT2D eigenvalue weighted by Crippen LogP contribution is -2.24. The Hall–Kier alpha value is -2.63. The zero-order valence-electron chi connectivity index (χ0n) is 13.5. The highest BCUT2D eigenvalue weighted by Crippen LogP contribution is 2.38. The maximum Gasteiger partial charge on any atom is 0.396 e. The largest absolute Gasteiger partial charge is 0.462 e. The molecule has 1 atom stereocenters. The maximum atomic E-state index is 13.4. The van der Waals surface area contributed by atoms with Gasteiger partial charge in [-0.1, -0.05) is 42.5 Å². The standard InChI is InChI=1S/C19H17F3O3/c1-2-25-18(24)15-10-8-13(9-11-15)16(19(20,21)22)12-17(23)14-6-4-3-5-7-14/h3-11,16H,2,12H2,1H3/t16-/m1/s1. The van der Waals surface area contributed by atoms with Crippen LogP contribution in [0.4, 0.5) is 13.2 Å². The molecule has 2 aromatic carbocycles. The molecule has 0 N–H and O–H groups in total. The molecule has 0 aliphatic carbocycles. The van der Waals surface area contributed by atoms with Gasteiger partial charge in [-0.15, -0.1) is 0 Å². The molecule has 3 nitrogen and oxygen atoms in total. The Kier molecular flexibility index (Phi) is 5.96. The van der Waals surface area contributed by atoms with Crippen molar-refractivity contribution in [2.75, 3.05) is 6.61 Å². The zero-order valence-corrected chi connectivity index (χ0v) is 13.5. The lowest BCUT2D eigenvalue weighted by Gasteiger charge is -2.20. The molecule has 132 valence electrons. The first-order chi connectivity index (χ1) is 11.8. The third-order valence-corrected chi connectivity index (χ3v) is 3.70. The van der Waals surface area contributed by atoms with E-state index >= 15 is 0 Å². The summed E-state index contributed by atoms with van der Waals surface area (Å²) < 4.78 is 45.1. The van der Waals surface area contributed by atoms with Crippen molar-refractivity contribution in [3.8, 4) is 0 Å². The third kappa shape index (κ3) is 4.92. The van der Waals surface area contributed by atoms with Crippen LogP contribution in [-0.4, -0.2) is 24.5 Å². The third-order valence-electron chi connectivity index (χ3n) is 3.70. The van der Waals surface area contributed by atoms with Crippen molar-refractivity contribution in [3.05, 3.63) is 71.3 Å². The lowest BCUT2D eigenvalue weighted by molar-refractivity contribution is -0.149. The minimum absolute atomic E-state index is 0.0650. The van der Waals surface area contributed by atoms with Gasteiger partial charge in [0, 0.05) is 12.0 Å². The fourth-order valence-electron chi connectivity index (χ4n) is 2.42. The summed E-state index contributed by atoms with van der Waals surface area (Å²) in [6, 6.07) is 12.8. The molecule has 25 heavy (non-hydrogen) atoms. The summed E-state index contributed by atoms with van der Waals surface area (Å²) in [6.07, 6.45) is -5.26. The summed E-state index contributed by atoms with van der Waals surface area (Å²) in [5, 5.41) is 0. The molecule has 0 fully saturated rings. The van der Waals surface area contributed by atoms with Gasteiger partial charge >= 0.3 is 12.1 Å². The van der Waals surface area contributed by atoms with E-state index in [1.54, 1.807) is 25.1 Å². The molecule has 0 spiro atoms. The number of carbonyl (C=O) groups is 2. The van der Waals surface area contributed by atoms with Gasteiger partial charge < -0.3 is 4.74 Å². The number of ether oxygens (including phenoxy) is 1. The van der Waals surface area contributed by atoms with Gasteiger partial charge in [-0.25, -0.2) is 4.79 Å². The highest BCUT2D eigenvalue weighted by Gasteiger charge is 2.42. The molecule has 0 bridgehead atoms. The molecule has 0 saturated carbocycles. The van der Waals surface area contributed by atoms with Crippen LogP contribution in [0.1, 0.15) is 45.5 Å². The highest BCUT2D eigenvalue weighted by atomic mass is 19.4. The van der Waals surface area contributed by atoms with Gasteiger partial charge in [-0.3, -0.25) is 4.79 Å². The van der Waals surface area contributed by atoms with Crippen LogP contribution in [0, 0.1) is 0 Å². The summed E-state index contributed by atoms with van der Waals surface area (Å²) >= 11 is 0. The smallest absolute Gasteiger partial charge is 0.396 e. The van der Waals surface area contributed by atoms with Gasteiger partial charge in [-0.2, -0.15) is 13.2 Å². The molecule has 0 aliphatic heterocycles. The summed E-state index contributed by atoms with van der Waals surface area (Å²) in [6.45, 7) is 1.82. The van der Waals surface area contributed by atoms with Crippen LogP contribution in [0.15, 0.2) is 54.6 Å². The number of benzene rings is 2. The first kappa shape index (κ1) is 18.7. The molecule has 2 rings (SSSR count). The predicted octanol–water partition coefficient (Wildman–Crippen LogP) is 4.78. The Balaban J connectivity index is 2.23. The molecule has 0 saturated heterocycles. The summed E-state index contributed by atoms with van der Waals surface area (Å²) in [5.74, 6) is -3.12. The quantitative estimate of drug-likeness (QED) is 0.556. The van der Waals surface area contributed by atoms with Crippen molar-refractivity contribution in [2.45, 2.75) is 25.4 Å².